The fourth-order valence-electron chi connectivity index (χ4n) is 2.43. The van der Waals surface area contributed by atoms with Gasteiger partial charge in [0.2, 0.25) is 0 Å². The van der Waals surface area contributed by atoms with Gasteiger partial charge in [-0.15, -0.1) is 0 Å². The lowest BCUT2D eigenvalue weighted by molar-refractivity contribution is 0.363. The molecule has 1 nitrogen and oxygen atoms in total. The van der Waals surface area contributed by atoms with Gasteiger partial charge in [0.15, 0.2) is 0 Å². The predicted molar refractivity (Wildman–Crippen MR) is 53.9 cm³/mol. The monoisotopic (exact) mass is 167 g/mol. The molecule has 3 atom stereocenters. The van der Waals surface area contributed by atoms with Crippen molar-refractivity contribution in [3.8, 4) is 0 Å². The number of hydrogen-bond acceptors (Lipinski definition) is 1. The van der Waals surface area contributed by atoms with Crippen LogP contribution >= 0.6 is 0 Å². The van der Waals surface area contributed by atoms with Crippen LogP contribution in [0.2, 0.25) is 0 Å². The van der Waals surface area contributed by atoms with Crippen molar-refractivity contribution in [3.63, 3.8) is 0 Å². The van der Waals surface area contributed by atoms with Gasteiger partial charge in [-0.25, -0.2) is 0 Å². The highest BCUT2D eigenvalue weighted by molar-refractivity contribution is 4.90. The molecule has 1 aliphatic carbocycles. The third-order valence-electron chi connectivity index (χ3n) is 3.08. The highest BCUT2D eigenvalue weighted by Gasteiger charge is 2.31. The van der Waals surface area contributed by atoms with Crippen molar-refractivity contribution < 1.29 is 0 Å². The molecule has 12 heavy (non-hydrogen) atoms. The minimum atomic E-state index is 0.697. The van der Waals surface area contributed by atoms with Gasteiger partial charge in [-0.2, -0.15) is 0 Å². The Labute approximate surface area is 76.2 Å². The molecule has 0 aliphatic heterocycles. The molecule has 0 spiro atoms. The Morgan fingerprint density at radius 2 is 2.25 bits per heavy atom. The van der Waals surface area contributed by atoms with Crippen molar-refractivity contribution in [2.75, 3.05) is 0 Å². The zero-order valence-electron chi connectivity index (χ0n) is 8.34. The largest absolute Gasteiger partial charge is 0.388 e. The van der Waals surface area contributed by atoms with E-state index in [1.807, 2.05) is 6.20 Å². The van der Waals surface area contributed by atoms with E-state index >= 15 is 0 Å². The molecule has 0 heterocycles. The first-order valence-electron chi connectivity index (χ1n) is 5.16. The Morgan fingerprint density at radius 3 is 2.83 bits per heavy atom. The number of nitrogens with one attached hydrogen (secondary N) is 1. The van der Waals surface area contributed by atoms with E-state index in [1.54, 1.807) is 0 Å². The van der Waals surface area contributed by atoms with E-state index in [2.05, 4.69) is 25.7 Å². The molecule has 3 unspecified atom stereocenters. The predicted octanol–water partition coefficient (Wildman–Crippen LogP) is 2.93. The lowest BCUT2D eigenvalue weighted by Gasteiger charge is -2.22. The summed E-state index contributed by atoms with van der Waals surface area (Å²) in [6, 6.07) is 0.697. The Kier molecular flexibility index (Phi) is 3.64. The second-order valence-corrected chi connectivity index (χ2v) is 4.00. The highest BCUT2D eigenvalue weighted by Crippen LogP contribution is 2.33. The summed E-state index contributed by atoms with van der Waals surface area (Å²) in [6.45, 7) is 8.36. The lowest BCUT2D eigenvalue weighted by Crippen LogP contribution is -2.32. The van der Waals surface area contributed by atoms with Crippen LogP contribution in [0, 0.1) is 11.8 Å². The van der Waals surface area contributed by atoms with Gasteiger partial charge >= 0.3 is 0 Å². The molecule has 0 aromatic rings. The summed E-state index contributed by atoms with van der Waals surface area (Å²) >= 11 is 0. The van der Waals surface area contributed by atoms with Crippen LogP contribution in [-0.2, 0) is 0 Å². The van der Waals surface area contributed by atoms with Crippen molar-refractivity contribution in [1.82, 2.24) is 5.32 Å². The summed E-state index contributed by atoms with van der Waals surface area (Å²) in [7, 11) is 0. The average molecular weight is 167 g/mol. The molecule has 1 fully saturated rings. The molecule has 0 radical (unpaired) electrons. The maximum absolute atomic E-state index is 3.74. The van der Waals surface area contributed by atoms with Gasteiger partial charge in [0.05, 0.1) is 0 Å². The minimum absolute atomic E-state index is 0.697. The fraction of sp³-hybridized carbons (Fsp3) is 0.818. The second kappa shape index (κ2) is 4.54. The molecule has 1 N–H and O–H groups in total. The number of rotatable bonds is 4. The quantitative estimate of drug-likeness (QED) is 0.679. The molecular formula is C11H21N. The van der Waals surface area contributed by atoms with Gasteiger partial charge in [0.1, 0.15) is 0 Å². The summed E-state index contributed by atoms with van der Waals surface area (Å²) in [5, 5.41) is 3.39. The van der Waals surface area contributed by atoms with Crippen molar-refractivity contribution in [2.24, 2.45) is 11.8 Å². The molecule has 0 aromatic carbocycles. The topological polar surface area (TPSA) is 12.0 Å². The van der Waals surface area contributed by atoms with Gasteiger partial charge < -0.3 is 5.32 Å². The SMILES string of the molecule is C=CNC1C(C)CCC1CCC. The molecule has 1 saturated carbocycles. The summed E-state index contributed by atoms with van der Waals surface area (Å²) in [5.74, 6) is 1.72. The van der Waals surface area contributed by atoms with E-state index in [0.717, 1.165) is 11.8 Å². The first-order chi connectivity index (χ1) is 5.79. The second-order valence-electron chi connectivity index (χ2n) is 4.00. The Morgan fingerprint density at radius 1 is 1.50 bits per heavy atom. The molecule has 1 rings (SSSR count). The third kappa shape index (κ3) is 2.02. The molecule has 0 aromatic heterocycles. The third-order valence-corrected chi connectivity index (χ3v) is 3.08. The van der Waals surface area contributed by atoms with E-state index in [1.165, 1.54) is 25.7 Å². The zero-order valence-corrected chi connectivity index (χ0v) is 8.34. The molecule has 0 amide bonds. The van der Waals surface area contributed by atoms with Crippen molar-refractivity contribution in [3.05, 3.63) is 12.8 Å². The van der Waals surface area contributed by atoms with Crippen LogP contribution in [0.1, 0.15) is 39.5 Å². The van der Waals surface area contributed by atoms with Gasteiger partial charge in [-0.3, -0.25) is 0 Å². The van der Waals surface area contributed by atoms with E-state index in [0.29, 0.717) is 6.04 Å². The smallest absolute Gasteiger partial charge is 0.0309 e. The van der Waals surface area contributed by atoms with Crippen LogP contribution < -0.4 is 5.32 Å². The maximum atomic E-state index is 3.74. The molecular weight excluding hydrogens is 146 g/mol. The maximum Gasteiger partial charge on any atom is 0.0309 e. The molecule has 0 bridgehead atoms. The molecule has 0 saturated heterocycles. The summed E-state index contributed by atoms with van der Waals surface area (Å²) in [4.78, 5) is 0. The highest BCUT2D eigenvalue weighted by atomic mass is 14.9. The normalized spacial score (nSPS) is 35.0. The van der Waals surface area contributed by atoms with Crippen LogP contribution in [0.25, 0.3) is 0 Å². The van der Waals surface area contributed by atoms with Gasteiger partial charge in [-0.1, -0.05) is 26.8 Å². The zero-order chi connectivity index (χ0) is 8.97. The number of hydrogen-bond donors (Lipinski definition) is 1. The van der Waals surface area contributed by atoms with Crippen LogP contribution in [0.4, 0.5) is 0 Å². The molecule has 1 heteroatoms. The fourth-order valence-corrected chi connectivity index (χ4v) is 2.43. The van der Waals surface area contributed by atoms with E-state index < -0.39 is 0 Å². The summed E-state index contributed by atoms with van der Waals surface area (Å²) in [6.07, 6.45) is 7.33. The van der Waals surface area contributed by atoms with Crippen LogP contribution in [0.5, 0.6) is 0 Å². The average Bonchev–Trinajstić information content (AvgIpc) is 2.37. The first-order valence-corrected chi connectivity index (χ1v) is 5.16. The standard InChI is InChI=1S/C11H21N/c1-4-6-10-8-7-9(3)11(10)12-5-2/h5,9-12H,2,4,6-8H2,1,3H3. The van der Waals surface area contributed by atoms with Gasteiger partial charge in [0.25, 0.3) is 0 Å². The van der Waals surface area contributed by atoms with Crippen molar-refractivity contribution in [2.45, 2.75) is 45.6 Å². The van der Waals surface area contributed by atoms with Crippen molar-refractivity contribution >= 4 is 0 Å². The first kappa shape index (κ1) is 9.63. The molecule has 1 aliphatic rings. The lowest BCUT2D eigenvalue weighted by atomic mass is 9.95. The van der Waals surface area contributed by atoms with Crippen LogP contribution in [0.15, 0.2) is 12.8 Å². The van der Waals surface area contributed by atoms with Gasteiger partial charge in [-0.05, 0) is 37.3 Å². The van der Waals surface area contributed by atoms with E-state index in [9.17, 15) is 0 Å². The van der Waals surface area contributed by atoms with Crippen LogP contribution in [0.3, 0.4) is 0 Å². The minimum Gasteiger partial charge on any atom is -0.388 e. The Bertz CT molecular complexity index is 140. The Hall–Kier alpha value is -0.460. The van der Waals surface area contributed by atoms with Gasteiger partial charge in [0, 0.05) is 6.04 Å². The van der Waals surface area contributed by atoms with Crippen LogP contribution in [-0.4, -0.2) is 6.04 Å². The van der Waals surface area contributed by atoms with Crippen molar-refractivity contribution in [1.29, 1.82) is 0 Å². The van der Waals surface area contributed by atoms with E-state index in [4.69, 9.17) is 0 Å². The Balaban J connectivity index is 2.45. The summed E-state index contributed by atoms with van der Waals surface area (Å²) in [5.41, 5.74) is 0. The summed E-state index contributed by atoms with van der Waals surface area (Å²) < 4.78 is 0. The molecule has 70 valence electrons. The van der Waals surface area contributed by atoms with E-state index in [-0.39, 0.29) is 0 Å².